The highest BCUT2D eigenvalue weighted by atomic mass is 16.5. The summed E-state index contributed by atoms with van der Waals surface area (Å²) in [6.45, 7) is 14.4. The largest absolute Gasteiger partial charge is 0.492 e. The summed E-state index contributed by atoms with van der Waals surface area (Å²) in [7, 11) is 1.77. The molecule has 0 bridgehead atoms. The third-order valence-corrected chi connectivity index (χ3v) is 4.73. The molecule has 0 aromatic heterocycles. The van der Waals surface area contributed by atoms with Crippen LogP contribution < -0.4 is 15.4 Å². The van der Waals surface area contributed by atoms with Gasteiger partial charge in [0.2, 0.25) is 0 Å². The summed E-state index contributed by atoms with van der Waals surface area (Å²) in [6.07, 6.45) is 2.27. The van der Waals surface area contributed by atoms with Gasteiger partial charge >= 0.3 is 0 Å². The molecule has 0 fully saturated rings. The molecule has 0 heterocycles. The number of ether oxygens (including phenoxy) is 3. The molecule has 7 heteroatoms. The van der Waals surface area contributed by atoms with Crippen molar-refractivity contribution in [3.8, 4) is 5.75 Å². The number of likely N-dealkylation sites (N-methyl/N-ethyl adjacent to an activating group) is 1. The van der Waals surface area contributed by atoms with Crippen molar-refractivity contribution in [2.45, 2.75) is 40.2 Å². The van der Waals surface area contributed by atoms with Crippen molar-refractivity contribution in [3.05, 3.63) is 29.8 Å². The Bertz CT molecular complexity index is 548. The molecule has 2 N–H and O–H groups in total. The summed E-state index contributed by atoms with van der Waals surface area (Å²) in [5.74, 6) is 1.67. The molecule has 1 rings (SSSR count). The zero-order chi connectivity index (χ0) is 21.9. The fourth-order valence-corrected chi connectivity index (χ4v) is 2.75. The first-order valence-electron chi connectivity index (χ1n) is 11.3. The van der Waals surface area contributed by atoms with E-state index in [9.17, 15) is 0 Å². The maximum Gasteiger partial charge on any atom is 0.191 e. The van der Waals surface area contributed by atoms with Crippen molar-refractivity contribution in [2.75, 3.05) is 66.3 Å². The minimum absolute atomic E-state index is 0.622. The predicted molar refractivity (Wildman–Crippen MR) is 124 cm³/mol. The molecule has 0 saturated heterocycles. The van der Waals surface area contributed by atoms with E-state index in [1.54, 1.807) is 7.05 Å². The van der Waals surface area contributed by atoms with Crippen molar-refractivity contribution in [3.63, 3.8) is 0 Å². The zero-order valence-corrected chi connectivity index (χ0v) is 19.4. The van der Waals surface area contributed by atoms with Crippen LogP contribution in [0.3, 0.4) is 0 Å². The van der Waals surface area contributed by atoms with E-state index in [-0.39, 0.29) is 0 Å². The highest BCUT2D eigenvalue weighted by Crippen LogP contribution is 2.12. The smallest absolute Gasteiger partial charge is 0.191 e. The Morgan fingerprint density at radius 3 is 2.23 bits per heavy atom. The molecule has 0 atom stereocenters. The SMILES string of the molecule is CCCCOCCOCCNC(=NC)NCc1ccc(OCCN(CC)CC)cc1. The number of hydrogen-bond donors (Lipinski definition) is 2. The summed E-state index contributed by atoms with van der Waals surface area (Å²) in [4.78, 5) is 6.60. The van der Waals surface area contributed by atoms with Crippen molar-refractivity contribution in [2.24, 2.45) is 4.99 Å². The van der Waals surface area contributed by atoms with E-state index in [0.29, 0.717) is 39.5 Å². The summed E-state index contributed by atoms with van der Waals surface area (Å²) in [5.41, 5.74) is 1.18. The number of unbranched alkanes of at least 4 members (excludes halogenated alkanes) is 1. The Hall–Kier alpha value is -1.83. The van der Waals surface area contributed by atoms with Crippen LogP contribution in [0.5, 0.6) is 5.75 Å². The molecule has 1 aromatic rings. The maximum atomic E-state index is 5.83. The van der Waals surface area contributed by atoms with Crippen LogP contribution in [0.4, 0.5) is 0 Å². The summed E-state index contributed by atoms with van der Waals surface area (Å²) in [6, 6.07) is 8.20. The second-order valence-corrected chi connectivity index (χ2v) is 6.95. The second kappa shape index (κ2) is 18.0. The van der Waals surface area contributed by atoms with Crippen molar-refractivity contribution < 1.29 is 14.2 Å². The van der Waals surface area contributed by atoms with E-state index in [2.05, 4.69) is 53.4 Å². The lowest BCUT2D eigenvalue weighted by Gasteiger charge is -2.18. The van der Waals surface area contributed by atoms with Gasteiger partial charge in [0.1, 0.15) is 12.4 Å². The van der Waals surface area contributed by atoms with Gasteiger partial charge in [0.25, 0.3) is 0 Å². The molecular weight excluding hydrogens is 380 g/mol. The summed E-state index contributed by atoms with van der Waals surface area (Å²) >= 11 is 0. The normalized spacial score (nSPS) is 11.7. The Morgan fingerprint density at radius 2 is 1.60 bits per heavy atom. The quantitative estimate of drug-likeness (QED) is 0.229. The topological polar surface area (TPSA) is 67.3 Å². The average Bonchev–Trinajstić information content (AvgIpc) is 2.78. The Balaban J connectivity index is 2.16. The van der Waals surface area contributed by atoms with Crippen LogP contribution in [0, 0.1) is 0 Å². The van der Waals surface area contributed by atoms with Gasteiger partial charge in [0.05, 0.1) is 19.8 Å². The van der Waals surface area contributed by atoms with E-state index in [1.165, 1.54) is 5.56 Å². The molecule has 0 aliphatic carbocycles. The fraction of sp³-hybridized carbons (Fsp3) is 0.696. The van der Waals surface area contributed by atoms with Crippen LogP contribution in [-0.2, 0) is 16.0 Å². The Labute approximate surface area is 183 Å². The number of nitrogens with zero attached hydrogens (tertiary/aromatic N) is 2. The molecule has 0 spiro atoms. The van der Waals surface area contributed by atoms with Crippen molar-refractivity contribution >= 4 is 5.96 Å². The Kier molecular flexibility index (Phi) is 15.7. The first-order chi connectivity index (χ1) is 14.7. The summed E-state index contributed by atoms with van der Waals surface area (Å²) < 4.78 is 16.9. The van der Waals surface area contributed by atoms with Crippen molar-refractivity contribution in [1.82, 2.24) is 15.5 Å². The van der Waals surface area contributed by atoms with E-state index >= 15 is 0 Å². The predicted octanol–water partition coefficient (Wildman–Crippen LogP) is 2.91. The molecule has 0 radical (unpaired) electrons. The lowest BCUT2D eigenvalue weighted by Crippen LogP contribution is -2.38. The highest BCUT2D eigenvalue weighted by molar-refractivity contribution is 5.79. The molecule has 172 valence electrons. The first kappa shape index (κ1) is 26.2. The van der Waals surface area contributed by atoms with E-state index in [4.69, 9.17) is 14.2 Å². The molecule has 1 aromatic carbocycles. The van der Waals surface area contributed by atoms with E-state index < -0.39 is 0 Å². The first-order valence-corrected chi connectivity index (χ1v) is 11.3. The molecule has 7 nitrogen and oxygen atoms in total. The van der Waals surface area contributed by atoms with Gasteiger partial charge in [-0.15, -0.1) is 0 Å². The maximum absolute atomic E-state index is 5.83. The molecule has 0 unspecified atom stereocenters. The van der Waals surface area contributed by atoms with Gasteiger partial charge in [-0.25, -0.2) is 0 Å². The van der Waals surface area contributed by atoms with Gasteiger partial charge in [0.15, 0.2) is 5.96 Å². The number of rotatable bonds is 17. The van der Waals surface area contributed by atoms with Gasteiger partial charge in [-0.3, -0.25) is 4.99 Å². The van der Waals surface area contributed by atoms with Crippen LogP contribution in [0.25, 0.3) is 0 Å². The lowest BCUT2D eigenvalue weighted by molar-refractivity contribution is 0.0487. The third kappa shape index (κ3) is 12.7. The zero-order valence-electron chi connectivity index (χ0n) is 19.4. The van der Waals surface area contributed by atoms with Crippen LogP contribution in [0.2, 0.25) is 0 Å². The molecule has 0 saturated carbocycles. The number of aliphatic imine (C=N–C) groups is 1. The number of benzene rings is 1. The molecule has 0 aliphatic heterocycles. The Morgan fingerprint density at radius 1 is 0.900 bits per heavy atom. The second-order valence-electron chi connectivity index (χ2n) is 6.95. The van der Waals surface area contributed by atoms with Crippen molar-refractivity contribution in [1.29, 1.82) is 0 Å². The third-order valence-electron chi connectivity index (χ3n) is 4.73. The molecule has 0 amide bonds. The summed E-state index contributed by atoms with van der Waals surface area (Å²) in [5, 5.41) is 6.57. The van der Waals surface area contributed by atoms with Gasteiger partial charge in [-0.05, 0) is 37.2 Å². The average molecular weight is 423 g/mol. The van der Waals surface area contributed by atoms with Crippen LogP contribution in [-0.4, -0.2) is 77.1 Å². The van der Waals surface area contributed by atoms with Gasteiger partial charge in [0, 0.05) is 33.3 Å². The van der Waals surface area contributed by atoms with Gasteiger partial charge in [-0.1, -0.05) is 39.3 Å². The minimum atomic E-state index is 0.622. The standard InChI is InChI=1S/C23H42N4O3/c1-5-8-15-28-18-19-29-16-13-25-23(24-4)26-20-21-9-11-22(12-10-21)30-17-14-27(6-2)7-3/h9-12H,5-8,13-20H2,1-4H3,(H2,24,25,26). The van der Waals surface area contributed by atoms with E-state index in [1.807, 2.05) is 12.1 Å². The number of guanidine groups is 1. The fourth-order valence-electron chi connectivity index (χ4n) is 2.75. The molecule has 30 heavy (non-hydrogen) atoms. The highest BCUT2D eigenvalue weighted by Gasteiger charge is 2.01. The molecule has 0 aliphatic rings. The van der Waals surface area contributed by atoms with Gasteiger partial charge in [-0.2, -0.15) is 0 Å². The minimum Gasteiger partial charge on any atom is -0.492 e. The molecular formula is C23H42N4O3. The van der Waals surface area contributed by atoms with Crippen LogP contribution in [0.15, 0.2) is 29.3 Å². The monoisotopic (exact) mass is 422 g/mol. The van der Waals surface area contributed by atoms with E-state index in [0.717, 1.165) is 50.8 Å². The van der Waals surface area contributed by atoms with Crippen LogP contribution in [0.1, 0.15) is 39.2 Å². The number of nitrogens with one attached hydrogen (secondary N) is 2. The lowest BCUT2D eigenvalue weighted by atomic mass is 10.2. The number of hydrogen-bond acceptors (Lipinski definition) is 5. The van der Waals surface area contributed by atoms with Gasteiger partial charge < -0.3 is 29.7 Å². The van der Waals surface area contributed by atoms with Crippen LogP contribution >= 0.6 is 0 Å².